The Balaban J connectivity index is 1.73. The van der Waals surface area contributed by atoms with Crippen LogP contribution in [0.4, 0.5) is 10.5 Å². The average Bonchev–Trinajstić information content (AvgIpc) is 3.17. The minimum Gasteiger partial charge on any atom is -0.444 e. The van der Waals surface area contributed by atoms with Gasteiger partial charge in [-0.2, -0.15) is 0 Å². The minimum absolute atomic E-state index is 0.103. The van der Waals surface area contributed by atoms with E-state index in [0.717, 1.165) is 25.1 Å². The molecule has 318 valence electrons. The first-order valence-corrected chi connectivity index (χ1v) is 23.0. The second-order valence-electron chi connectivity index (χ2n) is 17.1. The number of hydrogen-bond acceptors (Lipinski definition) is 6. The maximum absolute atomic E-state index is 13.4. The third kappa shape index (κ3) is 25.5. The van der Waals surface area contributed by atoms with Gasteiger partial charge in [-0.15, -0.1) is 0 Å². The lowest BCUT2D eigenvalue weighted by Crippen LogP contribution is -2.50. The first-order valence-electron chi connectivity index (χ1n) is 23.0. The molecule has 1 unspecified atom stereocenters. The summed E-state index contributed by atoms with van der Waals surface area (Å²) in [5.41, 5.74) is 1.11. The fraction of sp³-hybridized carbons (Fsp3) is 0.830. The standard InChI is InChI=1S/C47H85N3O5/c1-6-8-10-12-14-16-18-20-22-24-26-28-37-53-41-44(54-38-29-27-25-23-21-19-17-15-13-11-9-7-2)40-48-45(51)42-31-30-32-43(39-42)49-33-35-50(36-34-49)46(52)55-47(3,4)5/h30-32,39,44H,6-29,33-38,40-41H2,1-5H3,(H,48,51). The molecule has 0 bridgehead atoms. The molecule has 2 rings (SSSR count). The van der Waals surface area contributed by atoms with Crippen molar-refractivity contribution in [3.05, 3.63) is 29.8 Å². The molecule has 55 heavy (non-hydrogen) atoms. The van der Waals surface area contributed by atoms with Gasteiger partial charge in [0.2, 0.25) is 0 Å². The first kappa shape index (κ1) is 48.8. The van der Waals surface area contributed by atoms with E-state index in [1.165, 1.54) is 141 Å². The van der Waals surface area contributed by atoms with Crippen LogP contribution in [0.2, 0.25) is 0 Å². The van der Waals surface area contributed by atoms with E-state index in [1.807, 2.05) is 45.0 Å². The first-order chi connectivity index (χ1) is 26.7. The molecule has 0 aromatic heterocycles. The number of unbranched alkanes of at least 4 members (excludes halogenated alkanes) is 22. The quantitative estimate of drug-likeness (QED) is 0.0717. The van der Waals surface area contributed by atoms with Gasteiger partial charge in [0.05, 0.1) is 12.7 Å². The summed E-state index contributed by atoms with van der Waals surface area (Å²) in [6.45, 7) is 15.1. The third-order valence-corrected chi connectivity index (χ3v) is 10.7. The molecule has 8 heteroatoms. The van der Waals surface area contributed by atoms with Crippen LogP contribution in [0.1, 0.15) is 199 Å². The van der Waals surface area contributed by atoms with Gasteiger partial charge >= 0.3 is 6.09 Å². The second-order valence-corrected chi connectivity index (χ2v) is 17.1. The Kier molecular flexibility index (Phi) is 28.2. The smallest absolute Gasteiger partial charge is 0.410 e. The van der Waals surface area contributed by atoms with E-state index in [2.05, 4.69) is 24.1 Å². The van der Waals surface area contributed by atoms with Gasteiger partial charge in [-0.05, 0) is 51.8 Å². The Bertz CT molecular complexity index is 1080. The number of rotatable bonds is 33. The molecule has 1 aromatic carbocycles. The molecule has 1 aliphatic heterocycles. The number of benzene rings is 1. The molecule has 1 heterocycles. The predicted octanol–water partition coefficient (Wildman–Crippen LogP) is 12.3. The van der Waals surface area contributed by atoms with Gasteiger partial charge in [0, 0.05) is 57.2 Å². The number of piperazine rings is 1. The molecule has 8 nitrogen and oxygen atoms in total. The highest BCUT2D eigenvalue weighted by Crippen LogP contribution is 2.20. The molecule has 1 saturated heterocycles. The lowest BCUT2D eigenvalue weighted by Gasteiger charge is -2.36. The van der Waals surface area contributed by atoms with Crippen LogP contribution in [0.5, 0.6) is 0 Å². The van der Waals surface area contributed by atoms with Crippen molar-refractivity contribution in [3.8, 4) is 0 Å². The van der Waals surface area contributed by atoms with Crippen LogP contribution < -0.4 is 10.2 Å². The van der Waals surface area contributed by atoms with Crippen molar-refractivity contribution < 1.29 is 23.8 Å². The number of nitrogens with one attached hydrogen (secondary N) is 1. The van der Waals surface area contributed by atoms with E-state index in [4.69, 9.17) is 14.2 Å². The van der Waals surface area contributed by atoms with Crippen LogP contribution in [-0.2, 0) is 14.2 Å². The van der Waals surface area contributed by atoms with E-state index < -0.39 is 5.60 Å². The van der Waals surface area contributed by atoms with Crippen molar-refractivity contribution >= 4 is 17.7 Å². The predicted molar refractivity (Wildman–Crippen MR) is 232 cm³/mol. The number of hydrogen-bond donors (Lipinski definition) is 1. The fourth-order valence-corrected chi connectivity index (χ4v) is 7.25. The van der Waals surface area contributed by atoms with Gasteiger partial charge in [-0.25, -0.2) is 4.79 Å². The van der Waals surface area contributed by atoms with E-state index >= 15 is 0 Å². The molecule has 1 aromatic rings. The average molecular weight is 772 g/mol. The normalized spacial score (nSPS) is 14.0. The molecule has 1 N–H and O–H groups in total. The molecule has 0 aliphatic carbocycles. The third-order valence-electron chi connectivity index (χ3n) is 10.7. The Morgan fingerprint density at radius 1 is 0.655 bits per heavy atom. The van der Waals surface area contributed by atoms with Crippen molar-refractivity contribution in [1.82, 2.24) is 10.2 Å². The van der Waals surface area contributed by atoms with Gasteiger partial charge in [0.25, 0.3) is 5.91 Å². The van der Waals surface area contributed by atoms with Gasteiger partial charge < -0.3 is 29.3 Å². The fourth-order valence-electron chi connectivity index (χ4n) is 7.25. The molecular weight excluding hydrogens is 687 g/mol. The van der Waals surface area contributed by atoms with Crippen LogP contribution in [0.15, 0.2) is 24.3 Å². The highest BCUT2D eigenvalue weighted by molar-refractivity contribution is 5.95. The summed E-state index contributed by atoms with van der Waals surface area (Å²) < 4.78 is 18.0. The van der Waals surface area contributed by atoms with E-state index in [0.29, 0.717) is 51.5 Å². The van der Waals surface area contributed by atoms with Crippen molar-refractivity contribution in [2.24, 2.45) is 0 Å². The summed E-state index contributed by atoms with van der Waals surface area (Å²) >= 11 is 0. The van der Waals surface area contributed by atoms with Gasteiger partial charge in [0.1, 0.15) is 5.60 Å². The number of nitrogens with zero attached hydrogens (tertiary/aromatic N) is 2. The lowest BCUT2D eigenvalue weighted by atomic mass is 10.1. The number of ether oxygens (including phenoxy) is 3. The van der Waals surface area contributed by atoms with Crippen molar-refractivity contribution in [1.29, 1.82) is 0 Å². The molecule has 1 atom stereocenters. The Morgan fingerprint density at radius 3 is 1.62 bits per heavy atom. The summed E-state index contributed by atoms with van der Waals surface area (Å²) in [6, 6.07) is 7.78. The molecule has 2 amide bonds. The number of amides is 2. The SMILES string of the molecule is CCCCCCCCCCCCCCOCC(CNC(=O)c1cccc(N2CCN(C(=O)OC(C)(C)C)CC2)c1)OCCCCCCCCCCCCCC. The van der Waals surface area contributed by atoms with Crippen molar-refractivity contribution in [3.63, 3.8) is 0 Å². The van der Waals surface area contributed by atoms with Crippen molar-refractivity contribution in [2.45, 2.75) is 200 Å². The van der Waals surface area contributed by atoms with Crippen molar-refractivity contribution in [2.75, 3.05) is 57.4 Å². The lowest BCUT2D eigenvalue weighted by molar-refractivity contribution is -0.0170. The highest BCUT2D eigenvalue weighted by Gasteiger charge is 2.26. The number of carbonyl (C=O) groups excluding carboxylic acids is 2. The molecule has 0 saturated carbocycles. The van der Waals surface area contributed by atoms with Crippen LogP contribution in [0, 0.1) is 0 Å². The van der Waals surface area contributed by atoms with Crippen LogP contribution >= 0.6 is 0 Å². The zero-order valence-corrected chi connectivity index (χ0v) is 36.4. The maximum atomic E-state index is 13.4. The summed E-state index contributed by atoms with van der Waals surface area (Å²) in [7, 11) is 0. The summed E-state index contributed by atoms with van der Waals surface area (Å²) in [4.78, 5) is 29.9. The van der Waals surface area contributed by atoms with Gasteiger partial charge in [-0.1, -0.05) is 161 Å². The van der Waals surface area contributed by atoms with Crippen LogP contribution in [-0.4, -0.2) is 81.1 Å². The zero-order valence-electron chi connectivity index (χ0n) is 36.4. The monoisotopic (exact) mass is 772 g/mol. The summed E-state index contributed by atoms with van der Waals surface area (Å²) in [5, 5.41) is 3.14. The number of carbonyl (C=O) groups is 2. The van der Waals surface area contributed by atoms with E-state index in [1.54, 1.807) is 4.90 Å². The highest BCUT2D eigenvalue weighted by atomic mass is 16.6. The largest absolute Gasteiger partial charge is 0.444 e. The molecule has 1 aliphatic rings. The van der Waals surface area contributed by atoms with E-state index in [9.17, 15) is 9.59 Å². The Hall–Kier alpha value is -2.32. The number of anilines is 1. The van der Waals surface area contributed by atoms with Crippen LogP contribution in [0.25, 0.3) is 0 Å². The van der Waals surface area contributed by atoms with Crippen LogP contribution in [0.3, 0.4) is 0 Å². The zero-order chi connectivity index (χ0) is 39.8. The van der Waals surface area contributed by atoms with E-state index in [-0.39, 0.29) is 18.1 Å². The molecule has 0 radical (unpaired) electrons. The Labute approximate surface area is 338 Å². The topological polar surface area (TPSA) is 80.3 Å². The summed E-state index contributed by atoms with van der Waals surface area (Å²) in [6.07, 6.45) is 31.3. The van der Waals surface area contributed by atoms with Gasteiger partial charge in [-0.3, -0.25) is 4.79 Å². The molecular formula is C47H85N3O5. The Morgan fingerprint density at radius 2 is 1.13 bits per heavy atom. The minimum atomic E-state index is -0.509. The molecule has 1 fully saturated rings. The second kappa shape index (κ2) is 31.7. The summed E-state index contributed by atoms with van der Waals surface area (Å²) in [5.74, 6) is -0.103. The maximum Gasteiger partial charge on any atom is 0.410 e. The molecule has 0 spiro atoms. The van der Waals surface area contributed by atoms with Gasteiger partial charge in [0.15, 0.2) is 0 Å².